The summed E-state index contributed by atoms with van der Waals surface area (Å²) in [6.45, 7) is 7.28. The van der Waals surface area contributed by atoms with Gasteiger partial charge in [-0.3, -0.25) is 23.5 Å². The number of amides is 2. The van der Waals surface area contributed by atoms with Gasteiger partial charge in [0.15, 0.2) is 23.4 Å². The molecule has 2 N–H and O–H groups in total. The van der Waals surface area contributed by atoms with Crippen molar-refractivity contribution in [1.82, 2.24) is 29.7 Å². The molecule has 2 aromatic heterocycles. The van der Waals surface area contributed by atoms with Crippen molar-refractivity contribution in [2.75, 3.05) is 19.7 Å². The first-order valence-electron chi connectivity index (χ1n) is 24.5. The minimum absolute atomic E-state index is 0.0456. The van der Waals surface area contributed by atoms with E-state index in [2.05, 4.69) is 53.5 Å². The summed E-state index contributed by atoms with van der Waals surface area (Å²) in [5.74, 6) is -1.61. The number of allylic oxidation sites excluding steroid dienone is 6. The van der Waals surface area contributed by atoms with E-state index in [1.807, 2.05) is 110 Å². The van der Waals surface area contributed by atoms with Crippen LogP contribution in [-0.2, 0) is 39.8 Å². The largest absolute Gasteiger partial charge is 0.461 e. The number of hydrogen-bond acceptors (Lipinski definition) is 12. The molecule has 0 saturated carbocycles. The molecule has 1 aliphatic heterocycles. The number of ether oxygens (including phenoxy) is 5. The molecule has 16 heteroatoms. The Hall–Kier alpha value is -8.11. The molecule has 73 heavy (non-hydrogen) atoms. The monoisotopic (exact) mass is 986 g/mol. The van der Waals surface area contributed by atoms with Crippen molar-refractivity contribution in [2.45, 2.75) is 97.0 Å². The SMILES string of the molecule is CC(C)=CCC/C(C)=C/CC/C(C)=C/Cn1cnc2c(ncn2[C@H]2CC(OC(=O)CNC(=O)OC3c4ccccc4-c4ccccc43)[C@@H](COC(=O)CNC(=O)OC3c4ccccc4-c4ccccc43)O2)c1=O. The average molecular weight is 987 g/mol. The first kappa shape index (κ1) is 49.9. The molecule has 1 fully saturated rings. The molecule has 0 bridgehead atoms. The van der Waals surface area contributed by atoms with Gasteiger partial charge in [0.25, 0.3) is 5.56 Å². The zero-order valence-corrected chi connectivity index (χ0v) is 41.2. The van der Waals surface area contributed by atoms with Crippen molar-refractivity contribution in [2.24, 2.45) is 0 Å². The second-order valence-electron chi connectivity index (χ2n) is 18.7. The van der Waals surface area contributed by atoms with E-state index in [9.17, 15) is 24.0 Å². The van der Waals surface area contributed by atoms with Crippen molar-refractivity contribution in [1.29, 1.82) is 0 Å². The number of aromatic nitrogens is 4. The van der Waals surface area contributed by atoms with Gasteiger partial charge in [-0.2, -0.15) is 0 Å². The number of nitrogens with one attached hydrogen (secondary N) is 2. The summed E-state index contributed by atoms with van der Waals surface area (Å²) in [6, 6.07) is 30.6. The van der Waals surface area contributed by atoms with E-state index in [0.717, 1.165) is 75.8 Å². The highest BCUT2D eigenvalue weighted by Crippen LogP contribution is 2.46. The molecule has 6 aromatic rings. The predicted molar refractivity (Wildman–Crippen MR) is 273 cm³/mol. The maximum absolute atomic E-state index is 13.7. The van der Waals surface area contributed by atoms with Gasteiger partial charge < -0.3 is 34.3 Å². The number of rotatable bonds is 18. The van der Waals surface area contributed by atoms with E-state index in [4.69, 9.17) is 23.7 Å². The molecule has 3 aliphatic rings. The molecule has 1 saturated heterocycles. The van der Waals surface area contributed by atoms with Gasteiger partial charge in [-0.05, 0) is 75.6 Å². The van der Waals surface area contributed by atoms with Crippen LogP contribution >= 0.6 is 0 Å². The fraction of sp³-hybridized carbons (Fsp3) is 0.316. The third-order valence-corrected chi connectivity index (χ3v) is 13.2. The second kappa shape index (κ2) is 22.5. The van der Waals surface area contributed by atoms with Crippen LogP contribution in [0.5, 0.6) is 0 Å². The molecule has 0 radical (unpaired) electrons. The van der Waals surface area contributed by atoms with Gasteiger partial charge in [0.1, 0.15) is 44.5 Å². The maximum Gasteiger partial charge on any atom is 0.408 e. The van der Waals surface area contributed by atoms with Crippen LogP contribution < -0.4 is 16.2 Å². The smallest absolute Gasteiger partial charge is 0.408 e. The van der Waals surface area contributed by atoms with Gasteiger partial charge in [-0.1, -0.05) is 132 Å². The molecule has 2 amide bonds. The Morgan fingerprint density at radius 2 is 1.15 bits per heavy atom. The Bertz CT molecular complexity index is 3110. The van der Waals surface area contributed by atoms with E-state index in [0.29, 0.717) is 6.54 Å². The number of carbonyl (C=O) groups excluding carboxylic acids is 4. The van der Waals surface area contributed by atoms with Crippen LogP contribution in [-0.4, -0.2) is 75.1 Å². The summed E-state index contributed by atoms with van der Waals surface area (Å²) >= 11 is 0. The summed E-state index contributed by atoms with van der Waals surface area (Å²) < 4.78 is 32.5. The molecule has 376 valence electrons. The van der Waals surface area contributed by atoms with Gasteiger partial charge in [0.2, 0.25) is 0 Å². The number of nitrogens with zero attached hydrogens (tertiary/aromatic N) is 4. The van der Waals surface area contributed by atoms with Crippen LogP contribution in [0, 0.1) is 0 Å². The summed E-state index contributed by atoms with van der Waals surface area (Å²) in [5.41, 5.74) is 11.0. The van der Waals surface area contributed by atoms with Gasteiger partial charge in [-0.25, -0.2) is 19.6 Å². The van der Waals surface area contributed by atoms with Crippen molar-refractivity contribution >= 4 is 35.3 Å². The fourth-order valence-corrected chi connectivity index (χ4v) is 9.52. The zero-order valence-electron chi connectivity index (χ0n) is 41.2. The maximum atomic E-state index is 13.7. The molecule has 2 aliphatic carbocycles. The normalized spacial score (nSPS) is 17.0. The Balaban J connectivity index is 0.835. The summed E-state index contributed by atoms with van der Waals surface area (Å²) in [7, 11) is 0. The highest BCUT2D eigenvalue weighted by molar-refractivity contribution is 5.83. The fourth-order valence-electron chi connectivity index (χ4n) is 9.52. The number of fused-ring (bicyclic) bond motifs is 7. The minimum atomic E-state index is -1.02. The van der Waals surface area contributed by atoms with E-state index in [-0.39, 0.29) is 29.8 Å². The van der Waals surface area contributed by atoms with Crippen molar-refractivity contribution < 1.29 is 42.9 Å². The van der Waals surface area contributed by atoms with Crippen LogP contribution in [0.2, 0.25) is 0 Å². The third-order valence-electron chi connectivity index (χ3n) is 13.2. The van der Waals surface area contributed by atoms with Crippen molar-refractivity contribution in [3.05, 3.63) is 177 Å². The molecule has 3 atom stereocenters. The Labute approximate surface area is 422 Å². The first-order valence-corrected chi connectivity index (χ1v) is 24.5. The van der Waals surface area contributed by atoms with E-state index < -0.39 is 67.9 Å². The lowest BCUT2D eigenvalue weighted by molar-refractivity contribution is -0.157. The van der Waals surface area contributed by atoms with Crippen LogP contribution in [0.1, 0.15) is 100 Å². The lowest BCUT2D eigenvalue weighted by atomic mass is 10.1. The molecular formula is C57H58N6O10. The number of hydrogen-bond donors (Lipinski definition) is 2. The van der Waals surface area contributed by atoms with Gasteiger partial charge in [0.05, 0.1) is 6.33 Å². The standard InChI is InChI=1S/C57H58N6O10/c1-35(2)15-13-16-36(3)17-14-18-37(4)27-28-62-33-61-54-51(55(62)66)60-34-63(54)48-29-46(71-50(65)31-59-57(68)73-53-44-25-11-7-21-40(44)41-22-8-12-26-45(41)53)47(70-48)32-69-49(64)30-58-56(67)72-52-42-23-9-5-19-38(42)39-20-6-10-24-43(39)52/h5-12,15,17,19-27,33-34,46-48,52-53H,13-14,16,18,28-32H2,1-4H3,(H,58,67)(H,59,68)/b36-17+,37-27+/t46?,47-,48-/m1/s1. The van der Waals surface area contributed by atoms with Gasteiger partial charge >= 0.3 is 24.1 Å². The van der Waals surface area contributed by atoms with Crippen LogP contribution in [0.3, 0.4) is 0 Å². The molecule has 4 aromatic carbocycles. The molecular weight excluding hydrogens is 929 g/mol. The number of esters is 2. The molecule has 9 rings (SSSR count). The summed E-state index contributed by atoms with van der Waals surface area (Å²) in [4.78, 5) is 75.5. The predicted octanol–water partition coefficient (Wildman–Crippen LogP) is 9.75. The number of imidazole rings is 1. The van der Waals surface area contributed by atoms with E-state index in [1.165, 1.54) is 28.4 Å². The van der Waals surface area contributed by atoms with Crippen LogP contribution in [0.4, 0.5) is 9.59 Å². The zero-order chi connectivity index (χ0) is 51.0. The lowest BCUT2D eigenvalue weighted by Gasteiger charge is -2.20. The third kappa shape index (κ3) is 11.5. The average Bonchev–Trinajstić information content (AvgIpc) is 4.16. The van der Waals surface area contributed by atoms with E-state index >= 15 is 0 Å². The lowest BCUT2D eigenvalue weighted by Crippen LogP contribution is -2.38. The minimum Gasteiger partial charge on any atom is -0.461 e. The van der Waals surface area contributed by atoms with Crippen molar-refractivity contribution in [3.8, 4) is 22.3 Å². The Morgan fingerprint density at radius 1 is 0.644 bits per heavy atom. The topological polar surface area (TPSA) is 191 Å². The molecule has 0 spiro atoms. The van der Waals surface area contributed by atoms with E-state index in [1.54, 1.807) is 4.57 Å². The molecule has 16 nitrogen and oxygen atoms in total. The highest BCUT2D eigenvalue weighted by Gasteiger charge is 2.41. The highest BCUT2D eigenvalue weighted by atomic mass is 16.6. The quantitative estimate of drug-likeness (QED) is 0.0472. The summed E-state index contributed by atoms with van der Waals surface area (Å²) in [6.07, 6.45) is 7.42. The van der Waals surface area contributed by atoms with Crippen LogP contribution in [0.15, 0.2) is 149 Å². The number of alkyl carbamates (subject to hydrolysis) is 2. The summed E-state index contributed by atoms with van der Waals surface area (Å²) in [5, 5.41) is 4.98. The number of carbonyl (C=O) groups is 4. The Kier molecular flexibility index (Phi) is 15.4. The molecule has 1 unspecified atom stereocenters. The Morgan fingerprint density at radius 3 is 1.70 bits per heavy atom. The van der Waals surface area contributed by atoms with Crippen molar-refractivity contribution in [3.63, 3.8) is 0 Å². The van der Waals surface area contributed by atoms with Gasteiger partial charge in [0, 0.05) is 35.2 Å². The van der Waals surface area contributed by atoms with Crippen LogP contribution in [0.25, 0.3) is 33.4 Å². The molecule has 3 heterocycles. The second-order valence-corrected chi connectivity index (χ2v) is 18.7. The first-order chi connectivity index (χ1) is 35.4. The van der Waals surface area contributed by atoms with Gasteiger partial charge in [-0.15, -0.1) is 0 Å². The number of benzene rings is 4.